The van der Waals surface area contributed by atoms with Crippen molar-refractivity contribution in [3.05, 3.63) is 101 Å². The Bertz CT molecular complexity index is 1190. The van der Waals surface area contributed by atoms with Gasteiger partial charge in [-0.1, -0.05) is 36.4 Å². The second-order valence-corrected chi connectivity index (χ2v) is 9.17. The van der Waals surface area contributed by atoms with Crippen molar-refractivity contribution in [1.82, 2.24) is 4.98 Å². The molecule has 0 aliphatic rings. The molecule has 0 spiro atoms. The first-order chi connectivity index (χ1) is 17.7. The summed E-state index contributed by atoms with van der Waals surface area (Å²) in [5.41, 5.74) is 4.44. The van der Waals surface area contributed by atoms with E-state index in [-0.39, 0.29) is 0 Å². The van der Waals surface area contributed by atoms with Crippen LogP contribution in [0.3, 0.4) is 0 Å². The highest BCUT2D eigenvalue weighted by Gasteiger charge is 2.14. The number of methoxy groups -OCH3 is 3. The Labute approximate surface area is 217 Å². The normalized spacial score (nSPS) is 10.8. The van der Waals surface area contributed by atoms with E-state index >= 15 is 0 Å². The van der Waals surface area contributed by atoms with Crippen LogP contribution in [0.4, 0.5) is 5.13 Å². The van der Waals surface area contributed by atoms with Gasteiger partial charge >= 0.3 is 0 Å². The van der Waals surface area contributed by atoms with E-state index in [4.69, 9.17) is 23.9 Å². The van der Waals surface area contributed by atoms with Crippen molar-refractivity contribution in [2.75, 3.05) is 32.8 Å². The highest BCUT2D eigenvalue weighted by atomic mass is 32.1. The summed E-state index contributed by atoms with van der Waals surface area (Å²) < 4.78 is 22.1. The van der Waals surface area contributed by atoms with Gasteiger partial charge in [-0.2, -0.15) is 0 Å². The van der Waals surface area contributed by atoms with Gasteiger partial charge < -0.3 is 23.8 Å². The van der Waals surface area contributed by atoms with E-state index in [1.54, 1.807) is 32.7 Å². The van der Waals surface area contributed by atoms with Crippen molar-refractivity contribution in [3.63, 3.8) is 0 Å². The highest BCUT2D eigenvalue weighted by molar-refractivity contribution is 7.13. The fourth-order valence-electron chi connectivity index (χ4n) is 3.88. The predicted molar refractivity (Wildman–Crippen MR) is 144 cm³/mol. The maximum Gasteiger partial charge on any atom is 0.186 e. The number of ether oxygens (including phenoxy) is 4. The summed E-state index contributed by atoms with van der Waals surface area (Å²) in [7, 11) is 5.06. The average Bonchev–Trinajstić information content (AvgIpc) is 3.40. The Balaban J connectivity index is 1.42. The summed E-state index contributed by atoms with van der Waals surface area (Å²) in [6.07, 6.45) is 0.825. The van der Waals surface area contributed by atoms with Gasteiger partial charge in [0.25, 0.3) is 0 Å². The second kappa shape index (κ2) is 13.0. The largest absolute Gasteiger partial charge is 0.497 e. The Morgan fingerprint density at radius 1 is 0.722 bits per heavy atom. The van der Waals surface area contributed by atoms with E-state index < -0.39 is 0 Å². The number of hydrogen-bond donors (Lipinski definition) is 0. The number of hydrogen-bond acceptors (Lipinski definition) is 7. The van der Waals surface area contributed by atoms with Crippen molar-refractivity contribution in [1.29, 1.82) is 0 Å². The van der Waals surface area contributed by atoms with E-state index in [9.17, 15) is 0 Å². The SMILES string of the molecule is COc1cccc(CCOCc2csc(N(Cc3cccc(OC)c3)Cc3cccc(OC)c3)n2)c1. The molecule has 0 bridgehead atoms. The van der Waals surface area contributed by atoms with Gasteiger partial charge in [0, 0.05) is 18.5 Å². The van der Waals surface area contributed by atoms with E-state index in [0.717, 1.165) is 45.6 Å². The standard InChI is InChI=1S/C29H32N2O4S/c1-32-26-10-4-7-22(15-26)13-14-35-20-25-21-36-29(30-25)31(18-23-8-5-11-27(16-23)33-2)19-24-9-6-12-28(17-24)34-3/h4-12,15-17,21H,13-14,18-20H2,1-3H3. The van der Waals surface area contributed by atoms with Crippen molar-refractivity contribution < 1.29 is 18.9 Å². The first-order valence-electron chi connectivity index (χ1n) is 11.8. The quantitative estimate of drug-likeness (QED) is 0.204. The third kappa shape index (κ3) is 7.23. The molecule has 188 valence electrons. The lowest BCUT2D eigenvalue weighted by Gasteiger charge is -2.22. The zero-order valence-corrected chi connectivity index (χ0v) is 21.8. The summed E-state index contributed by atoms with van der Waals surface area (Å²) in [5.74, 6) is 2.56. The number of benzene rings is 3. The summed E-state index contributed by atoms with van der Waals surface area (Å²) >= 11 is 1.63. The maximum atomic E-state index is 5.94. The van der Waals surface area contributed by atoms with Gasteiger partial charge in [0.1, 0.15) is 17.2 Å². The zero-order chi connectivity index (χ0) is 25.2. The van der Waals surface area contributed by atoms with Crippen LogP contribution < -0.4 is 19.1 Å². The van der Waals surface area contributed by atoms with Gasteiger partial charge in [-0.3, -0.25) is 0 Å². The molecule has 6 nitrogen and oxygen atoms in total. The van der Waals surface area contributed by atoms with Gasteiger partial charge in [-0.15, -0.1) is 11.3 Å². The Kier molecular flexibility index (Phi) is 9.19. The Morgan fingerprint density at radius 3 is 1.81 bits per heavy atom. The predicted octanol–water partition coefficient (Wildman–Crippen LogP) is 6.14. The lowest BCUT2D eigenvalue weighted by Crippen LogP contribution is -2.22. The number of nitrogens with zero attached hydrogens (tertiary/aromatic N) is 2. The minimum absolute atomic E-state index is 0.479. The molecular formula is C29H32N2O4S. The molecule has 0 aliphatic heterocycles. The number of aromatic nitrogens is 1. The smallest absolute Gasteiger partial charge is 0.186 e. The molecule has 0 radical (unpaired) electrons. The van der Waals surface area contributed by atoms with Crippen molar-refractivity contribution in [2.24, 2.45) is 0 Å². The third-order valence-electron chi connectivity index (χ3n) is 5.74. The Hall–Kier alpha value is -3.55. The van der Waals surface area contributed by atoms with Crippen molar-refractivity contribution >= 4 is 16.5 Å². The number of rotatable bonds is 13. The molecule has 3 aromatic carbocycles. The zero-order valence-electron chi connectivity index (χ0n) is 21.0. The van der Waals surface area contributed by atoms with Gasteiger partial charge in [0.05, 0.1) is 40.2 Å². The number of anilines is 1. The molecule has 36 heavy (non-hydrogen) atoms. The highest BCUT2D eigenvalue weighted by Crippen LogP contribution is 2.27. The van der Waals surface area contributed by atoms with Crippen molar-refractivity contribution in [2.45, 2.75) is 26.1 Å². The van der Waals surface area contributed by atoms with Gasteiger partial charge in [-0.05, 0) is 59.5 Å². The fraction of sp³-hybridized carbons (Fsp3) is 0.276. The van der Waals surface area contributed by atoms with Crippen LogP contribution in [0.25, 0.3) is 0 Å². The molecule has 1 aromatic heterocycles. The van der Waals surface area contributed by atoms with Crippen LogP contribution in [0.15, 0.2) is 78.2 Å². The van der Waals surface area contributed by atoms with Gasteiger partial charge in [0.15, 0.2) is 5.13 Å². The molecule has 0 aliphatic carbocycles. The minimum Gasteiger partial charge on any atom is -0.497 e. The molecule has 0 unspecified atom stereocenters. The summed E-state index contributed by atoms with van der Waals surface area (Å²) in [6, 6.07) is 24.4. The van der Waals surface area contributed by atoms with E-state index in [0.29, 0.717) is 26.3 Å². The van der Waals surface area contributed by atoms with E-state index in [2.05, 4.69) is 40.6 Å². The van der Waals surface area contributed by atoms with Crippen LogP contribution in [0.5, 0.6) is 17.2 Å². The molecule has 1 heterocycles. The van der Waals surface area contributed by atoms with Gasteiger partial charge in [0.2, 0.25) is 0 Å². The second-order valence-electron chi connectivity index (χ2n) is 8.33. The molecule has 4 aromatic rings. The van der Waals surface area contributed by atoms with Crippen molar-refractivity contribution in [3.8, 4) is 17.2 Å². The lowest BCUT2D eigenvalue weighted by atomic mass is 10.1. The van der Waals surface area contributed by atoms with E-state index in [1.165, 1.54) is 5.56 Å². The monoisotopic (exact) mass is 504 g/mol. The molecular weight excluding hydrogens is 472 g/mol. The first-order valence-corrected chi connectivity index (χ1v) is 12.7. The molecule has 0 saturated carbocycles. The maximum absolute atomic E-state index is 5.94. The lowest BCUT2D eigenvalue weighted by molar-refractivity contribution is 0.121. The first kappa shape index (κ1) is 25.5. The summed E-state index contributed by atoms with van der Waals surface area (Å²) in [4.78, 5) is 7.17. The molecule has 4 rings (SSSR count). The molecule has 7 heteroatoms. The topological polar surface area (TPSA) is 53.1 Å². The summed E-state index contributed by atoms with van der Waals surface area (Å²) in [6.45, 7) is 2.51. The Morgan fingerprint density at radius 2 is 1.25 bits per heavy atom. The molecule has 0 N–H and O–H groups in total. The molecule has 0 fully saturated rings. The van der Waals surface area contributed by atoms with E-state index in [1.807, 2.05) is 42.5 Å². The molecule has 0 amide bonds. The number of thiazole rings is 1. The fourth-order valence-corrected chi connectivity index (χ4v) is 4.69. The molecule has 0 atom stereocenters. The van der Waals surface area contributed by atoms with Crippen LogP contribution in [0, 0.1) is 0 Å². The van der Waals surface area contributed by atoms with Crippen LogP contribution in [-0.2, 0) is 30.9 Å². The average molecular weight is 505 g/mol. The van der Waals surface area contributed by atoms with Crippen LogP contribution >= 0.6 is 11.3 Å². The third-order valence-corrected chi connectivity index (χ3v) is 6.69. The molecule has 0 saturated heterocycles. The summed E-state index contributed by atoms with van der Waals surface area (Å²) in [5, 5.41) is 3.03. The minimum atomic E-state index is 0.479. The van der Waals surface area contributed by atoms with Crippen LogP contribution in [0.2, 0.25) is 0 Å². The van der Waals surface area contributed by atoms with Crippen LogP contribution in [-0.4, -0.2) is 32.9 Å². The van der Waals surface area contributed by atoms with Gasteiger partial charge in [-0.25, -0.2) is 4.98 Å². The van der Waals surface area contributed by atoms with Crippen LogP contribution in [0.1, 0.15) is 22.4 Å².